The maximum Gasteiger partial charge on any atom is 0.331 e. The molecule has 1 aliphatic heterocycles. The SMILES string of the molecule is COC(=O)C1COCCN1C(=O)c1ccnc(Br)c1. The number of ether oxygens (including phenoxy) is 2. The number of rotatable bonds is 2. The molecule has 1 amide bonds. The van der Waals surface area contributed by atoms with E-state index in [1.165, 1.54) is 18.2 Å². The van der Waals surface area contributed by atoms with Gasteiger partial charge >= 0.3 is 5.97 Å². The Morgan fingerprint density at radius 3 is 3.05 bits per heavy atom. The van der Waals surface area contributed by atoms with E-state index in [9.17, 15) is 9.59 Å². The molecule has 1 fully saturated rings. The minimum atomic E-state index is -0.696. The first-order valence-corrected chi connectivity index (χ1v) is 6.51. The number of carbonyl (C=O) groups is 2. The number of halogens is 1. The lowest BCUT2D eigenvalue weighted by atomic mass is 10.1. The third kappa shape index (κ3) is 3.10. The van der Waals surface area contributed by atoms with E-state index in [1.54, 1.807) is 12.1 Å². The molecule has 7 heteroatoms. The molecule has 2 heterocycles. The number of morpholine rings is 1. The van der Waals surface area contributed by atoms with E-state index in [0.29, 0.717) is 23.3 Å². The van der Waals surface area contributed by atoms with Crippen LogP contribution in [-0.2, 0) is 14.3 Å². The van der Waals surface area contributed by atoms with Crippen molar-refractivity contribution in [2.24, 2.45) is 0 Å². The number of aromatic nitrogens is 1. The number of esters is 1. The molecule has 1 aromatic heterocycles. The number of amides is 1. The molecule has 102 valence electrons. The van der Waals surface area contributed by atoms with Gasteiger partial charge in [-0.05, 0) is 28.1 Å². The van der Waals surface area contributed by atoms with Gasteiger partial charge in [0, 0.05) is 18.3 Å². The van der Waals surface area contributed by atoms with Crippen molar-refractivity contribution in [1.82, 2.24) is 9.88 Å². The van der Waals surface area contributed by atoms with E-state index >= 15 is 0 Å². The Morgan fingerprint density at radius 1 is 1.58 bits per heavy atom. The Bertz CT molecular complexity index is 494. The first-order chi connectivity index (χ1) is 9.13. The highest BCUT2D eigenvalue weighted by Crippen LogP contribution is 2.15. The van der Waals surface area contributed by atoms with Crippen molar-refractivity contribution in [2.75, 3.05) is 26.9 Å². The molecule has 1 atom stereocenters. The van der Waals surface area contributed by atoms with Gasteiger partial charge < -0.3 is 14.4 Å². The molecule has 0 aromatic carbocycles. The van der Waals surface area contributed by atoms with Crippen molar-refractivity contribution in [2.45, 2.75) is 6.04 Å². The van der Waals surface area contributed by atoms with E-state index < -0.39 is 12.0 Å². The first-order valence-electron chi connectivity index (χ1n) is 5.71. The summed E-state index contributed by atoms with van der Waals surface area (Å²) in [6.07, 6.45) is 1.53. The van der Waals surface area contributed by atoms with Crippen LogP contribution in [0.15, 0.2) is 22.9 Å². The molecule has 19 heavy (non-hydrogen) atoms. The normalized spacial score (nSPS) is 19.1. The Kier molecular flexibility index (Phi) is 4.49. The number of pyridine rings is 1. The summed E-state index contributed by atoms with van der Waals surface area (Å²) < 4.78 is 10.5. The number of hydrogen-bond acceptors (Lipinski definition) is 5. The molecule has 0 spiro atoms. The van der Waals surface area contributed by atoms with Gasteiger partial charge in [0.25, 0.3) is 5.91 Å². The van der Waals surface area contributed by atoms with E-state index in [-0.39, 0.29) is 12.5 Å². The van der Waals surface area contributed by atoms with Gasteiger partial charge in [0.1, 0.15) is 4.60 Å². The average molecular weight is 329 g/mol. The molecule has 1 unspecified atom stereocenters. The second-order valence-corrected chi connectivity index (χ2v) is 4.79. The molecule has 1 aliphatic rings. The highest BCUT2D eigenvalue weighted by atomic mass is 79.9. The van der Waals surface area contributed by atoms with Crippen LogP contribution in [0.2, 0.25) is 0 Å². The van der Waals surface area contributed by atoms with Gasteiger partial charge in [0.2, 0.25) is 0 Å². The van der Waals surface area contributed by atoms with Crippen molar-refractivity contribution < 1.29 is 19.1 Å². The smallest absolute Gasteiger partial charge is 0.331 e. The maximum absolute atomic E-state index is 12.4. The number of carbonyl (C=O) groups excluding carboxylic acids is 2. The summed E-state index contributed by atoms with van der Waals surface area (Å²) in [6.45, 7) is 0.925. The average Bonchev–Trinajstić information content (AvgIpc) is 2.45. The van der Waals surface area contributed by atoms with Crippen molar-refractivity contribution in [3.8, 4) is 0 Å². The number of methoxy groups -OCH3 is 1. The van der Waals surface area contributed by atoms with Crippen LogP contribution >= 0.6 is 15.9 Å². The fraction of sp³-hybridized carbons (Fsp3) is 0.417. The Labute approximate surface area is 118 Å². The van der Waals surface area contributed by atoms with Gasteiger partial charge in [-0.2, -0.15) is 0 Å². The van der Waals surface area contributed by atoms with Crippen molar-refractivity contribution >= 4 is 27.8 Å². The van der Waals surface area contributed by atoms with Crippen molar-refractivity contribution in [1.29, 1.82) is 0 Å². The third-order valence-electron chi connectivity index (χ3n) is 2.84. The molecule has 1 aromatic rings. The number of nitrogens with zero attached hydrogens (tertiary/aromatic N) is 2. The summed E-state index contributed by atoms with van der Waals surface area (Å²) in [5.74, 6) is -0.706. The van der Waals surface area contributed by atoms with Crippen LogP contribution in [-0.4, -0.2) is 54.7 Å². The van der Waals surface area contributed by atoms with Gasteiger partial charge in [0.15, 0.2) is 6.04 Å². The summed E-state index contributed by atoms with van der Waals surface area (Å²) in [6, 6.07) is 2.53. The van der Waals surface area contributed by atoms with Crippen LogP contribution in [0.1, 0.15) is 10.4 Å². The van der Waals surface area contributed by atoms with Gasteiger partial charge in [-0.15, -0.1) is 0 Å². The molecule has 1 saturated heterocycles. The van der Waals surface area contributed by atoms with Crippen LogP contribution in [0.4, 0.5) is 0 Å². The zero-order chi connectivity index (χ0) is 13.8. The Morgan fingerprint density at radius 2 is 2.37 bits per heavy atom. The monoisotopic (exact) mass is 328 g/mol. The van der Waals surface area contributed by atoms with Crippen molar-refractivity contribution in [3.05, 3.63) is 28.5 Å². The Balaban J connectivity index is 2.22. The molecular weight excluding hydrogens is 316 g/mol. The van der Waals surface area contributed by atoms with E-state index in [4.69, 9.17) is 9.47 Å². The molecule has 0 saturated carbocycles. The molecule has 0 bridgehead atoms. The van der Waals surface area contributed by atoms with Crippen LogP contribution < -0.4 is 0 Å². The topological polar surface area (TPSA) is 68.7 Å². The summed E-state index contributed by atoms with van der Waals surface area (Å²) >= 11 is 3.21. The molecule has 2 rings (SSSR count). The quantitative estimate of drug-likeness (QED) is 0.595. The summed E-state index contributed by atoms with van der Waals surface area (Å²) in [7, 11) is 1.29. The lowest BCUT2D eigenvalue weighted by Crippen LogP contribution is -2.53. The highest BCUT2D eigenvalue weighted by Gasteiger charge is 2.34. The van der Waals surface area contributed by atoms with E-state index in [2.05, 4.69) is 20.9 Å². The predicted molar refractivity (Wildman–Crippen MR) is 69.6 cm³/mol. The Hall–Kier alpha value is -1.47. The summed E-state index contributed by atoms with van der Waals surface area (Å²) in [5, 5.41) is 0. The standard InChI is InChI=1S/C12H13BrN2O4/c1-18-12(17)9-7-19-5-4-15(9)11(16)8-2-3-14-10(13)6-8/h2-3,6,9H,4-5,7H2,1H3. The summed E-state index contributed by atoms with van der Waals surface area (Å²) in [5.41, 5.74) is 0.470. The second kappa shape index (κ2) is 6.12. The first kappa shape index (κ1) is 14.0. The van der Waals surface area contributed by atoms with Crippen LogP contribution in [0.25, 0.3) is 0 Å². The second-order valence-electron chi connectivity index (χ2n) is 3.98. The number of hydrogen-bond donors (Lipinski definition) is 0. The van der Waals surface area contributed by atoms with Crippen LogP contribution in [0, 0.1) is 0 Å². The minimum Gasteiger partial charge on any atom is -0.467 e. The molecular formula is C12H13BrN2O4. The van der Waals surface area contributed by atoms with E-state index in [0.717, 1.165) is 0 Å². The van der Waals surface area contributed by atoms with E-state index in [1.807, 2.05) is 0 Å². The highest BCUT2D eigenvalue weighted by molar-refractivity contribution is 9.10. The summed E-state index contributed by atoms with van der Waals surface area (Å²) in [4.78, 5) is 29.5. The zero-order valence-electron chi connectivity index (χ0n) is 10.3. The lowest BCUT2D eigenvalue weighted by molar-refractivity contribution is -0.151. The molecule has 0 aliphatic carbocycles. The fourth-order valence-electron chi connectivity index (χ4n) is 1.88. The minimum absolute atomic E-state index is 0.157. The van der Waals surface area contributed by atoms with Gasteiger partial charge in [-0.1, -0.05) is 0 Å². The van der Waals surface area contributed by atoms with Gasteiger partial charge in [-0.25, -0.2) is 9.78 Å². The fourth-order valence-corrected chi connectivity index (χ4v) is 2.24. The largest absolute Gasteiger partial charge is 0.467 e. The van der Waals surface area contributed by atoms with Crippen LogP contribution in [0.5, 0.6) is 0 Å². The zero-order valence-corrected chi connectivity index (χ0v) is 11.9. The maximum atomic E-state index is 12.4. The molecule has 6 nitrogen and oxygen atoms in total. The van der Waals surface area contributed by atoms with Crippen molar-refractivity contribution in [3.63, 3.8) is 0 Å². The third-order valence-corrected chi connectivity index (χ3v) is 3.27. The predicted octanol–water partition coefficient (Wildman–Crippen LogP) is 0.858. The lowest BCUT2D eigenvalue weighted by Gasteiger charge is -2.33. The molecule has 0 N–H and O–H groups in total. The van der Waals surface area contributed by atoms with Gasteiger partial charge in [0.05, 0.1) is 20.3 Å². The molecule has 0 radical (unpaired) electrons. The van der Waals surface area contributed by atoms with Crippen LogP contribution in [0.3, 0.4) is 0 Å². The van der Waals surface area contributed by atoms with Gasteiger partial charge in [-0.3, -0.25) is 4.79 Å².